The van der Waals surface area contributed by atoms with Gasteiger partial charge in [0, 0.05) is 31.0 Å². The topological polar surface area (TPSA) is 35.6 Å². The Labute approximate surface area is 156 Å². The van der Waals surface area contributed by atoms with Crippen LogP contribution in [0.5, 0.6) is 0 Å². The second kappa shape index (κ2) is 8.86. The maximum atomic E-state index is 12.3. The monoisotopic (exact) mass is 351 g/mol. The molecule has 1 N–H and O–H groups in total. The van der Waals surface area contributed by atoms with Crippen LogP contribution >= 0.6 is 0 Å². The number of rotatable bonds is 6. The number of hydrogen-bond acceptors (Lipinski definition) is 3. The zero-order chi connectivity index (χ0) is 18.4. The lowest BCUT2D eigenvalue weighted by Crippen LogP contribution is -2.32. The fraction of sp³-hybridized carbons (Fsp3) is 0.409. The van der Waals surface area contributed by atoms with Gasteiger partial charge in [0.2, 0.25) is 5.91 Å². The molecular formula is C22H29N3O. The van der Waals surface area contributed by atoms with Crippen molar-refractivity contribution in [1.29, 1.82) is 0 Å². The van der Waals surface area contributed by atoms with Gasteiger partial charge in [-0.2, -0.15) is 0 Å². The molecule has 4 nitrogen and oxygen atoms in total. The second-order valence-corrected chi connectivity index (χ2v) is 7.26. The van der Waals surface area contributed by atoms with E-state index in [-0.39, 0.29) is 5.91 Å². The van der Waals surface area contributed by atoms with Gasteiger partial charge in [-0.3, -0.25) is 9.69 Å². The number of aryl methyl sites for hydroxylation is 1. The van der Waals surface area contributed by atoms with Crippen molar-refractivity contribution >= 4 is 17.3 Å². The number of piperidine rings is 1. The van der Waals surface area contributed by atoms with Gasteiger partial charge in [0.1, 0.15) is 0 Å². The smallest absolute Gasteiger partial charge is 0.238 e. The maximum absolute atomic E-state index is 12.3. The molecule has 3 rings (SSSR count). The Morgan fingerprint density at radius 1 is 1.04 bits per heavy atom. The zero-order valence-corrected chi connectivity index (χ0v) is 15.9. The van der Waals surface area contributed by atoms with Gasteiger partial charge in [-0.15, -0.1) is 0 Å². The molecule has 1 amide bonds. The molecule has 0 radical (unpaired) electrons. The van der Waals surface area contributed by atoms with Crippen molar-refractivity contribution in [1.82, 2.24) is 4.90 Å². The summed E-state index contributed by atoms with van der Waals surface area (Å²) >= 11 is 0. The summed E-state index contributed by atoms with van der Waals surface area (Å²) in [5.41, 5.74) is 4.65. The largest absolute Gasteiger partial charge is 0.371 e. The van der Waals surface area contributed by atoms with E-state index in [0.717, 1.165) is 25.3 Å². The molecule has 1 heterocycles. The van der Waals surface area contributed by atoms with Crippen LogP contribution in [0, 0.1) is 6.92 Å². The molecule has 138 valence electrons. The maximum Gasteiger partial charge on any atom is 0.238 e. The van der Waals surface area contributed by atoms with Crippen LogP contribution in [-0.2, 0) is 11.3 Å². The first-order valence-corrected chi connectivity index (χ1v) is 9.50. The van der Waals surface area contributed by atoms with Crippen molar-refractivity contribution in [2.75, 3.05) is 36.9 Å². The molecule has 26 heavy (non-hydrogen) atoms. The lowest BCUT2D eigenvalue weighted by Gasteiger charge is -2.31. The first kappa shape index (κ1) is 18.5. The fourth-order valence-corrected chi connectivity index (χ4v) is 3.52. The van der Waals surface area contributed by atoms with Gasteiger partial charge in [-0.1, -0.05) is 35.9 Å². The first-order chi connectivity index (χ1) is 12.6. The summed E-state index contributed by atoms with van der Waals surface area (Å²) in [7, 11) is 2.00. The summed E-state index contributed by atoms with van der Waals surface area (Å²) in [5, 5.41) is 2.97. The minimum atomic E-state index is 0.0202. The SMILES string of the molecule is Cc1ccc(NC(=O)CN(C)Cc2ccccc2N2CCCCC2)cc1. The van der Waals surface area contributed by atoms with Crippen LogP contribution in [0.3, 0.4) is 0 Å². The normalized spacial score (nSPS) is 14.5. The zero-order valence-electron chi connectivity index (χ0n) is 15.9. The molecule has 0 aromatic heterocycles. The number of para-hydroxylation sites is 1. The second-order valence-electron chi connectivity index (χ2n) is 7.26. The molecule has 4 heteroatoms. The highest BCUT2D eigenvalue weighted by atomic mass is 16.2. The van der Waals surface area contributed by atoms with Gasteiger partial charge < -0.3 is 10.2 Å². The Bertz CT molecular complexity index is 720. The van der Waals surface area contributed by atoms with Crippen molar-refractivity contribution in [3.8, 4) is 0 Å². The van der Waals surface area contributed by atoms with E-state index in [1.165, 1.54) is 36.1 Å². The van der Waals surface area contributed by atoms with Crippen LogP contribution in [0.15, 0.2) is 48.5 Å². The summed E-state index contributed by atoms with van der Waals surface area (Å²) < 4.78 is 0. The third-order valence-corrected chi connectivity index (χ3v) is 4.88. The predicted molar refractivity (Wildman–Crippen MR) is 109 cm³/mol. The van der Waals surface area contributed by atoms with Gasteiger partial charge in [-0.25, -0.2) is 0 Å². The Kier molecular flexibility index (Phi) is 6.29. The Morgan fingerprint density at radius 3 is 2.46 bits per heavy atom. The standard InChI is InChI=1S/C22H29N3O/c1-18-10-12-20(13-11-18)23-22(26)17-24(2)16-19-8-4-5-9-21(19)25-14-6-3-7-15-25/h4-5,8-13H,3,6-7,14-17H2,1-2H3,(H,23,26). The molecule has 0 saturated carbocycles. The van der Waals surface area contributed by atoms with E-state index in [1.54, 1.807) is 0 Å². The highest BCUT2D eigenvalue weighted by Gasteiger charge is 2.15. The van der Waals surface area contributed by atoms with Crippen LogP contribution in [-0.4, -0.2) is 37.5 Å². The number of likely N-dealkylation sites (N-methyl/N-ethyl adjacent to an activating group) is 1. The average Bonchev–Trinajstić information content (AvgIpc) is 2.64. The highest BCUT2D eigenvalue weighted by molar-refractivity contribution is 5.92. The Morgan fingerprint density at radius 2 is 1.73 bits per heavy atom. The molecule has 0 spiro atoms. The van der Waals surface area contributed by atoms with Crippen molar-refractivity contribution in [3.05, 3.63) is 59.7 Å². The van der Waals surface area contributed by atoms with E-state index in [1.807, 2.05) is 38.2 Å². The fourth-order valence-electron chi connectivity index (χ4n) is 3.52. The summed E-state index contributed by atoms with van der Waals surface area (Å²) in [4.78, 5) is 16.9. The molecule has 0 unspecified atom stereocenters. The number of amides is 1. The van der Waals surface area contributed by atoms with Crippen LogP contribution in [0.1, 0.15) is 30.4 Å². The molecule has 1 saturated heterocycles. The molecule has 1 fully saturated rings. The Hall–Kier alpha value is -2.33. The number of anilines is 2. The van der Waals surface area contributed by atoms with Gasteiger partial charge in [-0.05, 0) is 57.0 Å². The van der Waals surface area contributed by atoms with Crippen molar-refractivity contribution in [2.24, 2.45) is 0 Å². The van der Waals surface area contributed by atoms with Gasteiger partial charge in [0.05, 0.1) is 6.54 Å². The van der Waals surface area contributed by atoms with E-state index in [2.05, 4.69) is 39.4 Å². The van der Waals surface area contributed by atoms with E-state index in [4.69, 9.17) is 0 Å². The van der Waals surface area contributed by atoms with E-state index in [9.17, 15) is 4.79 Å². The lowest BCUT2D eigenvalue weighted by atomic mass is 10.1. The molecule has 1 aliphatic heterocycles. The van der Waals surface area contributed by atoms with Crippen molar-refractivity contribution in [2.45, 2.75) is 32.7 Å². The number of carbonyl (C=O) groups excluding carboxylic acids is 1. The lowest BCUT2D eigenvalue weighted by molar-refractivity contribution is -0.117. The third kappa shape index (κ3) is 5.09. The molecular weight excluding hydrogens is 322 g/mol. The molecule has 2 aromatic rings. The third-order valence-electron chi connectivity index (χ3n) is 4.88. The molecule has 2 aromatic carbocycles. The van der Waals surface area contributed by atoms with E-state index in [0.29, 0.717) is 6.54 Å². The first-order valence-electron chi connectivity index (χ1n) is 9.50. The highest BCUT2D eigenvalue weighted by Crippen LogP contribution is 2.25. The molecule has 0 aliphatic carbocycles. The molecule has 1 aliphatic rings. The van der Waals surface area contributed by atoms with Crippen molar-refractivity contribution in [3.63, 3.8) is 0 Å². The summed E-state index contributed by atoms with van der Waals surface area (Å²) in [6, 6.07) is 16.5. The van der Waals surface area contributed by atoms with E-state index < -0.39 is 0 Å². The van der Waals surface area contributed by atoms with Crippen LogP contribution in [0.2, 0.25) is 0 Å². The summed E-state index contributed by atoms with van der Waals surface area (Å²) in [5.74, 6) is 0.0202. The minimum absolute atomic E-state index is 0.0202. The number of hydrogen-bond donors (Lipinski definition) is 1. The van der Waals surface area contributed by atoms with Gasteiger partial charge in [0.25, 0.3) is 0 Å². The van der Waals surface area contributed by atoms with Crippen LogP contribution in [0.4, 0.5) is 11.4 Å². The van der Waals surface area contributed by atoms with Gasteiger partial charge in [0.15, 0.2) is 0 Å². The molecule has 0 bridgehead atoms. The Balaban J connectivity index is 1.58. The van der Waals surface area contributed by atoms with Gasteiger partial charge >= 0.3 is 0 Å². The summed E-state index contributed by atoms with van der Waals surface area (Å²) in [6.45, 7) is 5.46. The van der Waals surface area contributed by atoms with Crippen molar-refractivity contribution < 1.29 is 4.79 Å². The van der Waals surface area contributed by atoms with Crippen LogP contribution < -0.4 is 10.2 Å². The summed E-state index contributed by atoms with van der Waals surface area (Å²) in [6.07, 6.45) is 3.87. The predicted octanol–water partition coefficient (Wildman–Crippen LogP) is 4.06. The number of nitrogens with one attached hydrogen (secondary N) is 1. The minimum Gasteiger partial charge on any atom is -0.371 e. The number of nitrogens with zero attached hydrogens (tertiary/aromatic N) is 2. The van der Waals surface area contributed by atoms with Crippen LogP contribution in [0.25, 0.3) is 0 Å². The average molecular weight is 351 g/mol. The quantitative estimate of drug-likeness (QED) is 0.853. The number of benzene rings is 2. The molecule has 0 atom stereocenters. The van der Waals surface area contributed by atoms with E-state index >= 15 is 0 Å². The number of carbonyl (C=O) groups is 1.